The number of hydrogen-bond acceptors (Lipinski definition) is 4. The van der Waals surface area contributed by atoms with Crippen molar-refractivity contribution in [1.82, 2.24) is 14.5 Å². The summed E-state index contributed by atoms with van der Waals surface area (Å²) in [6, 6.07) is 18.2. The van der Waals surface area contributed by atoms with E-state index in [2.05, 4.69) is 9.88 Å². The van der Waals surface area contributed by atoms with Crippen molar-refractivity contribution in [3.05, 3.63) is 98.3 Å². The Morgan fingerprint density at radius 1 is 0.941 bits per heavy atom. The van der Waals surface area contributed by atoms with Gasteiger partial charge in [0.15, 0.2) is 4.77 Å². The van der Waals surface area contributed by atoms with Crippen molar-refractivity contribution in [2.45, 2.75) is 0 Å². The van der Waals surface area contributed by atoms with Crippen LogP contribution in [-0.4, -0.2) is 46.5 Å². The van der Waals surface area contributed by atoms with E-state index >= 15 is 0 Å². The van der Waals surface area contributed by atoms with Crippen molar-refractivity contribution in [2.75, 3.05) is 31.1 Å². The number of rotatable bonds is 3. The maximum Gasteiger partial charge on any atom is 0.266 e. The van der Waals surface area contributed by atoms with Crippen LogP contribution in [0.5, 0.6) is 0 Å². The number of aromatic amines is 1. The van der Waals surface area contributed by atoms with Crippen LogP contribution in [0.4, 0.5) is 10.1 Å². The maximum absolute atomic E-state index is 13.2. The van der Waals surface area contributed by atoms with Crippen molar-refractivity contribution >= 4 is 46.3 Å². The molecular formula is C25H20ClFN4O2S. The molecule has 5 rings (SSSR count). The Morgan fingerprint density at radius 3 is 2.41 bits per heavy atom. The highest BCUT2D eigenvalue weighted by atomic mass is 35.5. The molecule has 0 spiro atoms. The van der Waals surface area contributed by atoms with Gasteiger partial charge in [-0.05, 0) is 72.9 Å². The average Bonchev–Trinajstić information content (AvgIpc) is 2.84. The standard InChI is InChI=1S/C25H20ClFN4O2S/c26-17-4-9-21-22(15-17)28-25(34)31(24(21)33)20-3-1-2-16(14-20)23(32)30-12-10-29(11-13-30)19-7-5-18(27)6-8-19/h1-9,14-15H,10-13H2,(H,28,34). The summed E-state index contributed by atoms with van der Waals surface area (Å²) in [5.74, 6) is -0.386. The molecule has 9 heteroatoms. The van der Waals surface area contributed by atoms with Gasteiger partial charge in [-0.25, -0.2) is 4.39 Å². The molecule has 0 atom stereocenters. The van der Waals surface area contributed by atoms with Crippen LogP contribution in [0.25, 0.3) is 16.6 Å². The van der Waals surface area contributed by atoms with Crippen molar-refractivity contribution in [1.29, 1.82) is 0 Å². The monoisotopic (exact) mass is 494 g/mol. The highest BCUT2D eigenvalue weighted by Gasteiger charge is 2.23. The fourth-order valence-corrected chi connectivity index (χ4v) is 4.68. The fraction of sp³-hybridized carbons (Fsp3) is 0.160. The number of fused-ring (bicyclic) bond motifs is 1. The predicted octanol–water partition coefficient (Wildman–Crippen LogP) is 4.80. The number of piperazine rings is 1. The third kappa shape index (κ3) is 4.22. The average molecular weight is 495 g/mol. The molecule has 1 aromatic heterocycles. The van der Waals surface area contributed by atoms with Gasteiger partial charge >= 0.3 is 0 Å². The van der Waals surface area contributed by atoms with E-state index in [1.165, 1.54) is 16.7 Å². The summed E-state index contributed by atoms with van der Waals surface area (Å²) in [6.07, 6.45) is 0. The number of carbonyl (C=O) groups excluding carboxylic acids is 1. The molecule has 34 heavy (non-hydrogen) atoms. The van der Waals surface area contributed by atoms with E-state index < -0.39 is 0 Å². The molecule has 2 heterocycles. The number of amides is 1. The summed E-state index contributed by atoms with van der Waals surface area (Å²) in [7, 11) is 0. The quantitative estimate of drug-likeness (QED) is 0.415. The number of hydrogen-bond donors (Lipinski definition) is 1. The van der Waals surface area contributed by atoms with Gasteiger partial charge in [0.2, 0.25) is 0 Å². The molecule has 1 amide bonds. The van der Waals surface area contributed by atoms with E-state index in [0.29, 0.717) is 53.4 Å². The SMILES string of the molecule is O=C(c1cccc(-n2c(=S)[nH]c3cc(Cl)ccc3c2=O)c1)N1CCN(c2ccc(F)cc2)CC1. The number of carbonyl (C=O) groups is 1. The molecular weight excluding hydrogens is 475 g/mol. The van der Waals surface area contributed by atoms with E-state index in [4.69, 9.17) is 23.8 Å². The van der Waals surface area contributed by atoms with E-state index in [9.17, 15) is 14.0 Å². The first kappa shape index (κ1) is 22.3. The van der Waals surface area contributed by atoms with Crippen LogP contribution >= 0.6 is 23.8 Å². The Morgan fingerprint density at radius 2 is 1.68 bits per heavy atom. The Balaban J connectivity index is 1.39. The lowest BCUT2D eigenvalue weighted by Gasteiger charge is -2.36. The minimum absolute atomic E-state index is 0.115. The minimum Gasteiger partial charge on any atom is -0.368 e. The molecule has 0 radical (unpaired) electrons. The van der Waals surface area contributed by atoms with Gasteiger partial charge in [-0.3, -0.25) is 14.2 Å². The molecule has 6 nitrogen and oxygen atoms in total. The number of benzene rings is 3. The molecule has 1 N–H and O–H groups in total. The van der Waals surface area contributed by atoms with Gasteiger partial charge in [0.1, 0.15) is 5.82 Å². The second-order valence-electron chi connectivity index (χ2n) is 8.07. The molecule has 0 aliphatic carbocycles. The molecule has 3 aromatic carbocycles. The molecule has 1 aliphatic rings. The minimum atomic E-state index is -0.284. The summed E-state index contributed by atoms with van der Waals surface area (Å²) in [5.41, 5.74) is 2.20. The zero-order chi connectivity index (χ0) is 23.8. The molecule has 4 aromatic rings. The fourth-order valence-electron chi connectivity index (χ4n) is 4.20. The van der Waals surface area contributed by atoms with Crippen molar-refractivity contribution in [3.8, 4) is 5.69 Å². The number of H-pyrrole nitrogens is 1. The topological polar surface area (TPSA) is 61.3 Å². The van der Waals surface area contributed by atoms with Crippen LogP contribution in [0.3, 0.4) is 0 Å². The van der Waals surface area contributed by atoms with Crippen molar-refractivity contribution in [2.24, 2.45) is 0 Å². The van der Waals surface area contributed by atoms with Crippen LogP contribution in [0.15, 0.2) is 71.5 Å². The lowest BCUT2D eigenvalue weighted by molar-refractivity contribution is 0.0746. The summed E-state index contributed by atoms with van der Waals surface area (Å²) in [6.45, 7) is 2.37. The molecule has 0 bridgehead atoms. The van der Waals surface area contributed by atoms with E-state index in [1.54, 1.807) is 59.5 Å². The lowest BCUT2D eigenvalue weighted by atomic mass is 10.1. The summed E-state index contributed by atoms with van der Waals surface area (Å²) in [5, 5.41) is 0.953. The number of aromatic nitrogens is 2. The summed E-state index contributed by atoms with van der Waals surface area (Å²) in [4.78, 5) is 33.3. The van der Waals surface area contributed by atoms with Crippen LogP contribution in [0.1, 0.15) is 10.4 Å². The van der Waals surface area contributed by atoms with Gasteiger partial charge in [-0.2, -0.15) is 0 Å². The van der Waals surface area contributed by atoms with Crippen LogP contribution in [-0.2, 0) is 0 Å². The molecule has 0 saturated carbocycles. The highest BCUT2D eigenvalue weighted by molar-refractivity contribution is 7.71. The van der Waals surface area contributed by atoms with Crippen LogP contribution in [0, 0.1) is 10.6 Å². The number of halogens is 2. The number of anilines is 1. The van der Waals surface area contributed by atoms with Gasteiger partial charge in [0, 0.05) is 42.5 Å². The zero-order valence-corrected chi connectivity index (χ0v) is 19.6. The molecule has 0 unspecified atom stereocenters. The third-order valence-electron chi connectivity index (χ3n) is 5.97. The van der Waals surface area contributed by atoms with Gasteiger partial charge in [0.05, 0.1) is 16.6 Å². The Labute approximate surface area is 204 Å². The highest BCUT2D eigenvalue weighted by Crippen LogP contribution is 2.20. The van der Waals surface area contributed by atoms with Gasteiger partial charge in [-0.1, -0.05) is 17.7 Å². The first-order chi connectivity index (χ1) is 16.4. The Kier molecular flexibility index (Phi) is 5.93. The van der Waals surface area contributed by atoms with E-state index in [-0.39, 0.29) is 22.1 Å². The first-order valence-electron chi connectivity index (χ1n) is 10.8. The molecule has 1 saturated heterocycles. The normalized spacial score (nSPS) is 13.9. The maximum atomic E-state index is 13.2. The summed E-state index contributed by atoms with van der Waals surface area (Å²) >= 11 is 11.5. The van der Waals surface area contributed by atoms with Crippen LogP contribution < -0.4 is 10.5 Å². The second kappa shape index (κ2) is 9.04. The van der Waals surface area contributed by atoms with Gasteiger partial charge in [0.25, 0.3) is 11.5 Å². The second-order valence-corrected chi connectivity index (χ2v) is 8.89. The summed E-state index contributed by atoms with van der Waals surface area (Å²) < 4.78 is 14.8. The Hall–Kier alpha value is -3.49. The molecule has 172 valence electrons. The van der Waals surface area contributed by atoms with Gasteiger partial charge in [-0.15, -0.1) is 0 Å². The van der Waals surface area contributed by atoms with E-state index in [1.807, 2.05) is 0 Å². The molecule has 1 fully saturated rings. The molecule has 1 aliphatic heterocycles. The Bertz CT molecular complexity index is 1510. The smallest absolute Gasteiger partial charge is 0.266 e. The number of nitrogens with one attached hydrogen (secondary N) is 1. The predicted molar refractivity (Wildman–Crippen MR) is 134 cm³/mol. The zero-order valence-electron chi connectivity index (χ0n) is 18.0. The van der Waals surface area contributed by atoms with E-state index in [0.717, 1.165) is 5.69 Å². The largest absolute Gasteiger partial charge is 0.368 e. The number of nitrogens with zero attached hydrogens (tertiary/aromatic N) is 3. The first-order valence-corrected chi connectivity index (χ1v) is 11.5. The lowest BCUT2D eigenvalue weighted by Crippen LogP contribution is -2.48. The van der Waals surface area contributed by atoms with Crippen LogP contribution in [0.2, 0.25) is 5.02 Å². The third-order valence-corrected chi connectivity index (χ3v) is 6.49. The van der Waals surface area contributed by atoms with Crippen molar-refractivity contribution < 1.29 is 9.18 Å². The van der Waals surface area contributed by atoms with Gasteiger partial charge < -0.3 is 14.8 Å². The van der Waals surface area contributed by atoms with Crippen molar-refractivity contribution in [3.63, 3.8) is 0 Å².